The molecule has 3 N–H and O–H groups in total. The second kappa shape index (κ2) is 5.37. The first-order chi connectivity index (χ1) is 8.96. The van der Waals surface area contributed by atoms with Crippen LogP contribution in [0, 0.1) is 19.3 Å². The van der Waals surface area contributed by atoms with E-state index in [1.165, 1.54) is 6.42 Å². The Labute approximate surface area is 114 Å². The van der Waals surface area contributed by atoms with Crippen LogP contribution in [0.15, 0.2) is 10.5 Å². The first-order valence-electron chi connectivity index (χ1n) is 7.02. The van der Waals surface area contributed by atoms with Gasteiger partial charge in [0, 0.05) is 12.0 Å². The number of amides is 1. The number of rotatable bonds is 5. The molecule has 2 rings (SSSR count). The topological polar surface area (TPSA) is 68.3 Å². The van der Waals surface area contributed by atoms with Gasteiger partial charge in [0.15, 0.2) is 0 Å². The molecule has 0 saturated heterocycles. The molecule has 1 aliphatic rings. The maximum atomic E-state index is 12.1. The SMILES string of the molecule is Cc1cc(C(C)NC(=O)CC2(CN)CCC2)c(C)o1. The second-order valence-electron chi connectivity index (χ2n) is 5.89. The van der Waals surface area contributed by atoms with Crippen molar-refractivity contribution in [1.29, 1.82) is 0 Å². The summed E-state index contributed by atoms with van der Waals surface area (Å²) in [5.41, 5.74) is 6.91. The van der Waals surface area contributed by atoms with Gasteiger partial charge in [-0.25, -0.2) is 0 Å². The summed E-state index contributed by atoms with van der Waals surface area (Å²) in [7, 11) is 0. The number of hydrogen-bond acceptors (Lipinski definition) is 3. The molecule has 1 saturated carbocycles. The maximum absolute atomic E-state index is 12.1. The predicted octanol–water partition coefficient (Wildman–Crippen LogP) is 2.59. The Kier molecular flexibility index (Phi) is 3.99. The molecule has 0 aliphatic heterocycles. The van der Waals surface area contributed by atoms with Gasteiger partial charge in [-0.15, -0.1) is 0 Å². The summed E-state index contributed by atoms with van der Waals surface area (Å²) in [6.45, 7) is 6.45. The number of furan rings is 1. The largest absolute Gasteiger partial charge is 0.466 e. The normalized spacial score (nSPS) is 18.7. The summed E-state index contributed by atoms with van der Waals surface area (Å²) in [4.78, 5) is 12.1. The van der Waals surface area contributed by atoms with E-state index in [0.29, 0.717) is 13.0 Å². The van der Waals surface area contributed by atoms with Gasteiger partial charge >= 0.3 is 0 Å². The highest BCUT2D eigenvalue weighted by atomic mass is 16.3. The zero-order valence-corrected chi connectivity index (χ0v) is 12.1. The fraction of sp³-hybridized carbons (Fsp3) is 0.667. The third-order valence-corrected chi connectivity index (χ3v) is 4.31. The van der Waals surface area contributed by atoms with Crippen molar-refractivity contribution in [2.24, 2.45) is 11.1 Å². The lowest BCUT2D eigenvalue weighted by Gasteiger charge is -2.40. The highest BCUT2D eigenvalue weighted by Crippen LogP contribution is 2.42. The van der Waals surface area contributed by atoms with Crippen LogP contribution in [0.3, 0.4) is 0 Å². The van der Waals surface area contributed by atoms with Crippen LogP contribution in [0.1, 0.15) is 55.7 Å². The Balaban J connectivity index is 1.93. The van der Waals surface area contributed by atoms with Crippen LogP contribution >= 0.6 is 0 Å². The molecule has 0 bridgehead atoms. The van der Waals surface area contributed by atoms with Crippen molar-refractivity contribution >= 4 is 5.91 Å². The first kappa shape index (κ1) is 14.1. The molecular weight excluding hydrogens is 240 g/mol. The molecule has 0 aromatic carbocycles. The fourth-order valence-corrected chi connectivity index (χ4v) is 2.92. The number of carbonyl (C=O) groups is 1. The molecule has 4 nitrogen and oxygen atoms in total. The molecule has 1 fully saturated rings. The molecule has 1 heterocycles. The van der Waals surface area contributed by atoms with Crippen molar-refractivity contribution in [3.63, 3.8) is 0 Å². The van der Waals surface area contributed by atoms with Gasteiger partial charge in [0.25, 0.3) is 0 Å². The van der Waals surface area contributed by atoms with Gasteiger partial charge in [0.2, 0.25) is 5.91 Å². The molecule has 4 heteroatoms. The van der Waals surface area contributed by atoms with E-state index in [2.05, 4.69) is 5.32 Å². The van der Waals surface area contributed by atoms with Crippen LogP contribution in [0.2, 0.25) is 0 Å². The molecule has 1 aromatic heterocycles. The van der Waals surface area contributed by atoms with Crippen molar-refractivity contribution in [2.45, 2.75) is 52.5 Å². The Morgan fingerprint density at radius 2 is 2.21 bits per heavy atom. The van der Waals surface area contributed by atoms with Crippen LogP contribution in [0.5, 0.6) is 0 Å². The van der Waals surface area contributed by atoms with E-state index in [1.54, 1.807) is 0 Å². The van der Waals surface area contributed by atoms with E-state index in [0.717, 1.165) is 29.9 Å². The Morgan fingerprint density at radius 3 is 2.63 bits per heavy atom. The number of aryl methyl sites for hydroxylation is 2. The number of nitrogens with two attached hydrogens (primary N) is 1. The molecule has 1 unspecified atom stereocenters. The van der Waals surface area contributed by atoms with Crippen LogP contribution in [-0.2, 0) is 4.79 Å². The monoisotopic (exact) mass is 264 g/mol. The van der Waals surface area contributed by atoms with Crippen LogP contribution in [0.25, 0.3) is 0 Å². The minimum Gasteiger partial charge on any atom is -0.466 e. The summed E-state index contributed by atoms with van der Waals surface area (Å²) in [6, 6.07) is 1.97. The zero-order chi connectivity index (χ0) is 14.0. The van der Waals surface area contributed by atoms with Crippen LogP contribution in [-0.4, -0.2) is 12.5 Å². The van der Waals surface area contributed by atoms with Gasteiger partial charge in [0.05, 0.1) is 6.04 Å². The minimum absolute atomic E-state index is 0.0140. The van der Waals surface area contributed by atoms with Crippen molar-refractivity contribution in [3.8, 4) is 0 Å². The smallest absolute Gasteiger partial charge is 0.221 e. The minimum atomic E-state index is -0.0140. The van der Waals surface area contributed by atoms with Crippen molar-refractivity contribution in [2.75, 3.05) is 6.54 Å². The number of hydrogen-bond donors (Lipinski definition) is 2. The Morgan fingerprint density at radius 1 is 1.53 bits per heavy atom. The van der Waals surface area contributed by atoms with Crippen molar-refractivity contribution < 1.29 is 9.21 Å². The molecule has 0 spiro atoms. The molecule has 1 atom stereocenters. The first-order valence-corrected chi connectivity index (χ1v) is 7.02. The number of nitrogens with one attached hydrogen (secondary N) is 1. The molecule has 19 heavy (non-hydrogen) atoms. The van der Waals surface area contributed by atoms with E-state index in [1.807, 2.05) is 26.8 Å². The molecule has 1 aliphatic carbocycles. The van der Waals surface area contributed by atoms with Gasteiger partial charge in [-0.2, -0.15) is 0 Å². The third kappa shape index (κ3) is 3.00. The second-order valence-corrected chi connectivity index (χ2v) is 5.89. The van der Waals surface area contributed by atoms with Gasteiger partial charge in [-0.3, -0.25) is 4.79 Å². The lowest BCUT2D eigenvalue weighted by Crippen LogP contribution is -2.42. The quantitative estimate of drug-likeness (QED) is 0.859. The van der Waals surface area contributed by atoms with Crippen molar-refractivity contribution in [3.05, 3.63) is 23.2 Å². The summed E-state index contributed by atoms with van der Waals surface area (Å²) in [5.74, 6) is 1.85. The Bertz CT molecular complexity index is 455. The number of carbonyl (C=O) groups excluding carboxylic acids is 1. The average molecular weight is 264 g/mol. The average Bonchev–Trinajstić information content (AvgIpc) is 2.63. The van der Waals surface area contributed by atoms with Crippen LogP contribution < -0.4 is 11.1 Å². The summed E-state index contributed by atoms with van der Waals surface area (Å²) >= 11 is 0. The van der Waals surface area contributed by atoms with Gasteiger partial charge in [-0.05, 0) is 51.6 Å². The molecular formula is C15H24N2O2. The summed E-state index contributed by atoms with van der Waals surface area (Å²) in [5, 5.41) is 3.05. The molecule has 1 aromatic rings. The third-order valence-electron chi connectivity index (χ3n) is 4.31. The lowest BCUT2D eigenvalue weighted by molar-refractivity contribution is -0.125. The standard InChI is InChI=1S/C15H24N2O2/c1-10-7-13(12(3)19-10)11(2)17-14(18)8-15(9-16)5-4-6-15/h7,11H,4-6,8-9,16H2,1-3H3,(H,17,18). The predicted molar refractivity (Wildman–Crippen MR) is 74.7 cm³/mol. The van der Waals surface area contributed by atoms with Crippen molar-refractivity contribution in [1.82, 2.24) is 5.32 Å². The van der Waals surface area contributed by atoms with Crippen LogP contribution in [0.4, 0.5) is 0 Å². The fourth-order valence-electron chi connectivity index (χ4n) is 2.92. The van der Waals surface area contributed by atoms with E-state index < -0.39 is 0 Å². The highest BCUT2D eigenvalue weighted by molar-refractivity contribution is 5.77. The van der Waals surface area contributed by atoms with Gasteiger partial charge < -0.3 is 15.5 Å². The molecule has 1 amide bonds. The van der Waals surface area contributed by atoms with E-state index >= 15 is 0 Å². The summed E-state index contributed by atoms with van der Waals surface area (Å²) in [6.07, 6.45) is 3.90. The lowest BCUT2D eigenvalue weighted by atomic mass is 9.66. The Hall–Kier alpha value is -1.29. The van der Waals surface area contributed by atoms with E-state index in [-0.39, 0.29) is 17.4 Å². The van der Waals surface area contributed by atoms with E-state index in [4.69, 9.17) is 10.2 Å². The highest BCUT2D eigenvalue weighted by Gasteiger charge is 2.37. The van der Waals surface area contributed by atoms with Gasteiger partial charge in [0.1, 0.15) is 11.5 Å². The zero-order valence-electron chi connectivity index (χ0n) is 12.1. The summed E-state index contributed by atoms with van der Waals surface area (Å²) < 4.78 is 5.50. The van der Waals surface area contributed by atoms with Gasteiger partial charge in [-0.1, -0.05) is 6.42 Å². The molecule has 106 valence electrons. The molecule has 0 radical (unpaired) electrons. The van der Waals surface area contributed by atoms with E-state index in [9.17, 15) is 4.79 Å². The maximum Gasteiger partial charge on any atom is 0.221 e.